The zero-order valence-electron chi connectivity index (χ0n) is 14.2. The topological polar surface area (TPSA) is 45.3 Å². The molecule has 25 heavy (non-hydrogen) atoms. The van der Waals surface area contributed by atoms with Crippen LogP contribution in [0.5, 0.6) is 5.75 Å². The van der Waals surface area contributed by atoms with Gasteiger partial charge in [-0.1, -0.05) is 18.2 Å². The summed E-state index contributed by atoms with van der Waals surface area (Å²) < 4.78 is 5.22. The number of anilines is 1. The molecule has 0 bridgehead atoms. The summed E-state index contributed by atoms with van der Waals surface area (Å²) in [6.45, 7) is 1.87. The molecule has 0 aliphatic carbocycles. The summed E-state index contributed by atoms with van der Waals surface area (Å²) in [6.07, 6.45) is 6.22. The second kappa shape index (κ2) is 6.48. The summed E-state index contributed by atoms with van der Waals surface area (Å²) in [7, 11) is 1.68. The number of carbonyl (C=O) groups is 1. The number of aldehydes is 1. The van der Waals surface area contributed by atoms with Gasteiger partial charge in [0.2, 0.25) is 0 Å². The van der Waals surface area contributed by atoms with E-state index in [2.05, 4.69) is 28.1 Å². The van der Waals surface area contributed by atoms with E-state index < -0.39 is 0 Å². The number of benzene rings is 2. The van der Waals surface area contributed by atoms with Crippen molar-refractivity contribution in [3.63, 3.8) is 0 Å². The van der Waals surface area contributed by atoms with Crippen molar-refractivity contribution in [3.05, 3.63) is 65.9 Å². The van der Waals surface area contributed by atoms with Crippen molar-refractivity contribution >= 4 is 28.4 Å². The van der Waals surface area contributed by atoms with E-state index in [-0.39, 0.29) is 0 Å². The number of H-pyrrole nitrogens is 1. The van der Waals surface area contributed by atoms with Crippen LogP contribution in [-0.4, -0.2) is 31.5 Å². The molecule has 4 nitrogen and oxygen atoms in total. The van der Waals surface area contributed by atoms with Crippen LogP contribution in [0.2, 0.25) is 0 Å². The maximum absolute atomic E-state index is 10.9. The third-order valence-corrected chi connectivity index (χ3v) is 4.83. The smallest absolute Gasteiger partial charge is 0.150 e. The van der Waals surface area contributed by atoms with E-state index in [1.54, 1.807) is 7.11 Å². The summed E-state index contributed by atoms with van der Waals surface area (Å²) in [6, 6.07) is 14.0. The quantitative estimate of drug-likeness (QED) is 0.725. The molecule has 0 amide bonds. The van der Waals surface area contributed by atoms with Gasteiger partial charge in [0.05, 0.1) is 7.11 Å². The standard InChI is InChI=1S/C21H20N2O2/c1-25-18-5-3-17(4-6-18)23-10-8-16(9-11-23)20-13-22-21-12-15(14-24)2-7-19(20)21/h2-8,12-14,22H,9-11H2,1H3. The van der Waals surface area contributed by atoms with E-state index >= 15 is 0 Å². The van der Waals surface area contributed by atoms with E-state index in [1.165, 1.54) is 22.2 Å². The average molecular weight is 332 g/mol. The van der Waals surface area contributed by atoms with Crippen LogP contribution in [0, 0.1) is 0 Å². The van der Waals surface area contributed by atoms with Gasteiger partial charge >= 0.3 is 0 Å². The highest BCUT2D eigenvalue weighted by Crippen LogP contribution is 2.31. The molecule has 1 aliphatic heterocycles. The molecule has 4 rings (SSSR count). The first-order valence-electron chi connectivity index (χ1n) is 8.43. The van der Waals surface area contributed by atoms with Gasteiger partial charge in [-0.3, -0.25) is 4.79 Å². The number of hydrogen-bond acceptors (Lipinski definition) is 3. The van der Waals surface area contributed by atoms with Gasteiger partial charge in [-0.2, -0.15) is 0 Å². The number of nitrogens with zero attached hydrogens (tertiary/aromatic N) is 1. The predicted molar refractivity (Wildman–Crippen MR) is 101 cm³/mol. The molecule has 0 saturated carbocycles. The fourth-order valence-corrected chi connectivity index (χ4v) is 3.42. The van der Waals surface area contributed by atoms with Gasteiger partial charge in [-0.15, -0.1) is 0 Å². The van der Waals surface area contributed by atoms with Gasteiger partial charge in [-0.05, 0) is 42.3 Å². The van der Waals surface area contributed by atoms with Crippen molar-refractivity contribution in [2.45, 2.75) is 6.42 Å². The second-order valence-corrected chi connectivity index (χ2v) is 6.25. The summed E-state index contributed by atoms with van der Waals surface area (Å²) in [5, 5.41) is 1.18. The van der Waals surface area contributed by atoms with Gasteiger partial charge in [-0.25, -0.2) is 0 Å². The molecule has 126 valence electrons. The van der Waals surface area contributed by atoms with Crippen LogP contribution in [-0.2, 0) is 0 Å². The minimum atomic E-state index is 0.698. The highest BCUT2D eigenvalue weighted by atomic mass is 16.5. The number of ether oxygens (including phenoxy) is 1. The number of hydrogen-bond donors (Lipinski definition) is 1. The number of carbonyl (C=O) groups excluding carboxylic acids is 1. The van der Waals surface area contributed by atoms with Crippen LogP contribution < -0.4 is 9.64 Å². The van der Waals surface area contributed by atoms with E-state index in [0.29, 0.717) is 5.56 Å². The zero-order valence-corrected chi connectivity index (χ0v) is 14.2. The Morgan fingerprint density at radius 1 is 1.16 bits per heavy atom. The highest BCUT2D eigenvalue weighted by Gasteiger charge is 2.16. The van der Waals surface area contributed by atoms with Crippen LogP contribution in [0.3, 0.4) is 0 Å². The minimum Gasteiger partial charge on any atom is -0.497 e. The molecule has 4 heteroatoms. The van der Waals surface area contributed by atoms with Gasteiger partial charge in [0.1, 0.15) is 12.0 Å². The molecule has 0 saturated heterocycles. The molecular formula is C21H20N2O2. The molecule has 3 aromatic rings. The largest absolute Gasteiger partial charge is 0.497 e. The van der Waals surface area contributed by atoms with E-state index in [0.717, 1.165) is 37.1 Å². The fraction of sp³-hybridized carbons (Fsp3) is 0.190. The van der Waals surface area contributed by atoms with Crippen molar-refractivity contribution in [1.29, 1.82) is 0 Å². The van der Waals surface area contributed by atoms with E-state index in [4.69, 9.17) is 4.74 Å². The Morgan fingerprint density at radius 2 is 2.00 bits per heavy atom. The molecule has 0 spiro atoms. The molecule has 2 heterocycles. The van der Waals surface area contributed by atoms with E-state index in [9.17, 15) is 4.79 Å². The van der Waals surface area contributed by atoms with Crippen LogP contribution >= 0.6 is 0 Å². The minimum absolute atomic E-state index is 0.698. The molecule has 0 radical (unpaired) electrons. The fourth-order valence-electron chi connectivity index (χ4n) is 3.42. The first-order chi connectivity index (χ1) is 12.3. The number of methoxy groups -OCH3 is 1. The van der Waals surface area contributed by atoms with Crippen molar-refractivity contribution < 1.29 is 9.53 Å². The Balaban J connectivity index is 1.57. The van der Waals surface area contributed by atoms with Crippen molar-refractivity contribution in [1.82, 2.24) is 4.98 Å². The van der Waals surface area contributed by atoms with Crippen molar-refractivity contribution in [2.75, 3.05) is 25.1 Å². The normalized spacial score (nSPS) is 14.4. The second-order valence-electron chi connectivity index (χ2n) is 6.25. The summed E-state index contributed by atoms with van der Waals surface area (Å²) in [5.74, 6) is 0.880. The molecule has 0 atom stereocenters. The summed E-state index contributed by atoms with van der Waals surface area (Å²) in [4.78, 5) is 16.6. The van der Waals surface area contributed by atoms with Gasteiger partial charge in [0.15, 0.2) is 0 Å². The highest BCUT2D eigenvalue weighted by molar-refractivity contribution is 5.95. The number of rotatable bonds is 4. The Labute approximate surface area is 146 Å². The van der Waals surface area contributed by atoms with Crippen LogP contribution in [0.25, 0.3) is 16.5 Å². The lowest BCUT2D eigenvalue weighted by atomic mass is 9.98. The maximum atomic E-state index is 10.9. The lowest BCUT2D eigenvalue weighted by Gasteiger charge is -2.28. The SMILES string of the molecule is COc1ccc(N2CC=C(c3c[nH]c4cc(C=O)ccc34)CC2)cc1. The third kappa shape index (κ3) is 2.91. The number of nitrogens with one attached hydrogen (secondary N) is 1. The molecular weight excluding hydrogens is 312 g/mol. The van der Waals surface area contributed by atoms with Gasteiger partial charge in [0.25, 0.3) is 0 Å². The molecule has 0 fully saturated rings. The van der Waals surface area contributed by atoms with Crippen molar-refractivity contribution in [2.24, 2.45) is 0 Å². The van der Waals surface area contributed by atoms with Crippen LogP contribution in [0.1, 0.15) is 22.3 Å². The molecule has 1 N–H and O–H groups in total. The number of fused-ring (bicyclic) bond motifs is 1. The first kappa shape index (κ1) is 15.5. The van der Waals surface area contributed by atoms with Gasteiger partial charge in [0, 0.05) is 47.0 Å². The lowest BCUT2D eigenvalue weighted by Crippen LogP contribution is -2.28. The Morgan fingerprint density at radius 3 is 2.68 bits per heavy atom. The molecule has 0 unspecified atom stereocenters. The van der Waals surface area contributed by atoms with Crippen LogP contribution in [0.15, 0.2) is 54.7 Å². The monoisotopic (exact) mass is 332 g/mol. The summed E-state index contributed by atoms with van der Waals surface area (Å²) >= 11 is 0. The average Bonchev–Trinajstić information content (AvgIpc) is 3.11. The Hall–Kier alpha value is -3.01. The Kier molecular flexibility index (Phi) is 4.02. The van der Waals surface area contributed by atoms with Crippen molar-refractivity contribution in [3.8, 4) is 5.75 Å². The molecule has 1 aromatic heterocycles. The predicted octanol–water partition coefficient (Wildman–Crippen LogP) is 4.28. The first-order valence-corrected chi connectivity index (χ1v) is 8.43. The lowest BCUT2D eigenvalue weighted by molar-refractivity contribution is 0.112. The maximum Gasteiger partial charge on any atom is 0.150 e. The number of aromatic nitrogens is 1. The molecule has 1 aliphatic rings. The summed E-state index contributed by atoms with van der Waals surface area (Å²) in [5.41, 5.74) is 5.52. The Bertz CT molecular complexity index is 938. The molecule has 2 aromatic carbocycles. The van der Waals surface area contributed by atoms with E-state index in [1.807, 2.05) is 36.5 Å². The zero-order chi connectivity index (χ0) is 17.2. The van der Waals surface area contributed by atoms with Crippen LogP contribution in [0.4, 0.5) is 5.69 Å². The third-order valence-electron chi connectivity index (χ3n) is 4.83. The van der Waals surface area contributed by atoms with Gasteiger partial charge < -0.3 is 14.6 Å². The number of aromatic amines is 1.